The Morgan fingerprint density at radius 1 is 1.27 bits per heavy atom. The molecule has 1 atom stereocenters. The fourth-order valence-corrected chi connectivity index (χ4v) is 2.96. The van der Waals surface area contributed by atoms with Crippen LogP contribution in [0, 0.1) is 5.41 Å². The van der Waals surface area contributed by atoms with Gasteiger partial charge in [0.2, 0.25) is 5.91 Å². The normalized spacial score (nSPS) is 19.3. The van der Waals surface area contributed by atoms with Crippen molar-refractivity contribution in [3.8, 4) is 11.5 Å². The van der Waals surface area contributed by atoms with Crippen LogP contribution in [-0.4, -0.2) is 25.8 Å². The van der Waals surface area contributed by atoms with E-state index in [-0.39, 0.29) is 17.4 Å². The molecule has 22 heavy (non-hydrogen) atoms. The van der Waals surface area contributed by atoms with Gasteiger partial charge in [0.05, 0.1) is 17.9 Å². The standard InChI is InChI=1S/C16H19N5O/c1-10(22)20-12-6-16(2,3)7-13-11(12)8-19-15(21-13)14-9-17-4-5-18-14/h4-5,8-9,12H,6-7H2,1-3H3,(H,20,22). The summed E-state index contributed by atoms with van der Waals surface area (Å²) >= 11 is 0. The number of nitrogens with one attached hydrogen (secondary N) is 1. The van der Waals surface area contributed by atoms with E-state index in [1.165, 1.54) is 6.92 Å². The highest BCUT2D eigenvalue weighted by Crippen LogP contribution is 2.40. The number of hydrogen-bond acceptors (Lipinski definition) is 5. The summed E-state index contributed by atoms with van der Waals surface area (Å²) in [5.74, 6) is 0.540. The summed E-state index contributed by atoms with van der Waals surface area (Å²) in [6.07, 6.45) is 8.45. The molecule has 0 bridgehead atoms. The van der Waals surface area contributed by atoms with Crippen molar-refractivity contribution in [3.05, 3.63) is 36.0 Å². The minimum atomic E-state index is -0.0355. The number of carbonyl (C=O) groups excluding carboxylic acids is 1. The van der Waals surface area contributed by atoms with Gasteiger partial charge in [0.25, 0.3) is 0 Å². The molecular formula is C16H19N5O. The second-order valence-corrected chi connectivity index (χ2v) is 6.48. The number of carbonyl (C=O) groups is 1. The molecule has 2 aromatic rings. The van der Waals surface area contributed by atoms with Crippen molar-refractivity contribution in [2.45, 2.75) is 39.7 Å². The average Bonchev–Trinajstić information content (AvgIpc) is 2.45. The third-order valence-electron chi connectivity index (χ3n) is 3.85. The van der Waals surface area contributed by atoms with E-state index in [9.17, 15) is 4.79 Å². The molecule has 114 valence electrons. The van der Waals surface area contributed by atoms with Crippen molar-refractivity contribution in [3.63, 3.8) is 0 Å². The fourth-order valence-electron chi connectivity index (χ4n) is 2.96. The molecule has 0 saturated heterocycles. The van der Waals surface area contributed by atoms with Gasteiger partial charge in [0, 0.05) is 31.1 Å². The van der Waals surface area contributed by atoms with E-state index < -0.39 is 0 Å². The minimum absolute atomic E-state index is 0.0350. The molecule has 1 unspecified atom stereocenters. The molecule has 1 aliphatic carbocycles. The van der Waals surface area contributed by atoms with Crippen LogP contribution in [0.5, 0.6) is 0 Å². The van der Waals surface area contributed by atoms with E-state index >= 15 is 0 Å². The van der Waals surface area contributed by atoms with Gasteiger partial charge in [0.15, 0.2) is 5.82 Å². The lowest BCUT2D eigenvalue weighted by molar-refractivity contribution is -0.120. The SMILES string of the molecule is CC(=O)NC1CC(C)(C)Cc2nc(-c3cnccn3)ncc21. The van der Waals surface area contributed by atoms with Crippen LogP contribution < -0.4 is 5.32 Å². The molecule has 6 heteroatoms. The summed E-state index contributed by atoms with van der Waals surface area (Å²) < 4.78 is 0. The molecule has 2 heterocycles. The Balaban J connectivity index is 2.02. The first-order valence-corrected chi connectivity index (χ1v) is 7.34. The zero-order valence-corrected chi connectivity index (χ0v) is 13.0. The van der Waals surface area contributed by atoms with Gasteiger partial charge < -0.3 is 5.32 Å². The van der Waals surface area contributed by atoms with Gasteiger partial charge in [-0.2, -0.15) is 0 Å². The molecule has 0 aliphatic heterocycles. The van der Waals surface area contributed by atoms with Crippen molar-refractivity contribution >= 4 is 5.91 Å². The first kappa shape index (κ1) is 14.6. The van der Waals surface area contributed by atoms with Crippen molar-refractivity contribution in [1.29, 1.82) is 0 Å². The highest BCUT2D eigenvalue weighted by Gasteiger charge is 2.34. The summed E-state index contributed by atoms with van der Waals surface area (Å²) in [6, 6.07) is -0.0350. The van der Waals surface area contributed by atoms with Gasteiger partial charge in [-0.1, -0.05) is 13.8 Å². The fraction of sp³-hybridized carbons (Fsp3) is 0.438. The number of fused-ring (bicyclic) bond motifs is 1. The van der Waals surface area contributed by atoms with Gasteiger partial charge in [0.1, 0.15) is 5.69 Å². The van der Waals surface area contributed by atoms with Crippen LogP contribution in [0.15, 0.2) is 24.8 Å². The maximum absolute atomic E-state index is 11.5. The predicted octanol–water partition coefficient (Wildman–Crippen LogP) is 2.08. The number of rotatable bonds is 2. The Morgan fingerprint density at radius 2 is 2.09 bits per heavy atom. The van der Waals surface area contributed by atoms with E-state index in [0.29, 0.717) is 11.5 Å². The third-order valence-corrected chi connectivity index (χ3v) is 3.85. The predicted molar refractivity (Wildman–Crippen MR) is 81.7 cm³/mol. The van der Waals surface area contributed by atoms with Crippen molar-refractivity contribution in [1.82, 2.24) is 25.3 Å². The zero-order valence-electron chi connectivity index (χ0n) is 13.0. The Bertz CT molecular complexity index is 699. The molecule has 0 spiro atoms. The van der Waals surface area contributed by atoms with Gasteiger partial charge in [-0.3, -0.25) is 9.78 Å². The lowest BCUT2D eigenvalue weighted by Gasteiger charge is -2.36. The van der Waals surface area contributed by atoms with Crippen molar-refractivity contribution < 1.29 is 4.79 Å². The molecule has 0 fully saturated rings. The summed E-state index contributed by atoms with van der Waals surface area (Å²) in [5, 5.41) is 3.01. The maximum atomic E-state index is 11.5. The lowest BCUT2D eigenvalue weighted by Crippen LogP contribution is -2.36. The van der Waals surface area contributed by atoms with Crippen molar-refractivity contribution in [2.75, 3.05) is 0 Å². The molecule has 0 aromatic carbocycles. The van der Waals surface area contributed by atoms with Crippen LogP contribution in [0.2, 0.25) is 0 Å². The lowest BCUT2D eigenvalue weighted by atomic mass is 9.74. The highest BCUT2D eigenvalue weighted by molar-refractivity contribution is 5.73. The first-order valence-electron chi connectivity index (χ1n) is 7.34. The summed E-state index contributed by atoms with van der Waals surface area (Å²) in [5.41, 5.74) is 2.71. The van der Waals surface area contributed by atoms with Crippen molar-refractivity contribution in [2.24, 2.45) is 5.41 Å². The van der Waals surface area contributed by atoms with Crippen LogP contribution >= 0.6 is 0 Å². The number of nitrogens with zero attached hydrogens (tertiary/aromatic N) is 4. The molecule has 0 radical (unpaired) electrons. The van der Waals surface area contributed by atoms with E-state index in [1.807, 2.05) is 6.20 Å². The van der Waals surface area contributed by atoms with Gasteiger partial charge >= 0.3 is 0 Å². The second-order valence-electron chi connectivity index (χ2n) is 6.48. The molecule has 2 aromatic heterocycles. The van der Waals surface area contributed by atoms with Crippen LogP contribution in [0.4, 0.5) is 0 Å². The van der Waals surface area contributed by atoms with Crippen LogP contribution in [-0.2, 0) is 11.2 Å². The van der Waals surface area contributed by atoms with Gasteiger partial charge in [-0.25, -0.2) is 15.0 Å². The Labute approximate surface area is 129 Å². The van der Waals surface area contributed by atoms with E-state index in [0.717, 1.165) is 24.1 Å². The topological polar surface area (TPSA) is 80.7 Å². The summed E-state index contributed by atoms with van der Waals surface area (Å²) in [6.45, 7) is 5.92. The van der Waals surface area contributed by atoms with E-state index in [1.54, 1.807) is 18.6 Å². The number of aromatic nitrogens is 4. The number of hydrogen-bond donors (Lipinski definition) is 1. The Kier molecular flexibility index (Phi) is 3.60. The first-order chi connectivity index (χ1) is 10.4. The van der Waals surface area contributed by atoms with Crippen LogP contribution in [0.1, 0.15) is 44.5 Å². The molecule has 1 N–H and O–H groups in total. The Hall–Kier alpha value is -2.37. The minimum Gasteiger partial charge on any atom is -0.349 e. The largest absolute Gasteiger partial charge is 0.349 e. The monoisotopic (exact) mass is 297 g/mol. The maximum Gasteiger partial charge on any atom is 0.217 e. The van der Waals surface area contributed by atoms with Crippen LogP contribution in [0.3, 0.4) is 0 Å². The van der Waals surface area contributed by atoms with Crippen LogP contribution in [0.25, 0.3) is 11.5 Å². The van der Waals surface area contributed by atoms with E-state index in [2.05, 4.69) is 39.1 Å². The Morgan fingerprint density at radius 3 is 2.77 bits per heavy atom. The highest BCUT2D eigenvalue weighted by atomic mass is 16.1. The molecule has 1 amide bonds. The van der Waals surface area contributed by atoms with Gasteiger partial charge in [-0.05, 0) is 18.3 Å². The molecule has 3 rings (SSSR count). The molecule has 1 aliphatic rings. The molecular weight excluding hydrogens is 278 g/mol. The summed E-state index contributed by atoms with van der Waals surface area (Å²) in [7, 11) is 0. The third kappa shape index (κ3) is 2.95. The van der Waals surface area contributed by atoms with E-state index in [4.69, 9.17) is 0 Å². The smallest absolute Gasteiger partial charge is 0.217 e. The summed E-state index contributed by atoms with van der Waals surface area (Å²) in [4.78, 5) is 28.8. The average molecular weight is 297 g/mol. The zero-order chi connectivity index (χ0) is 15.7. The molecule has 6 nitrogen and oxygen atoms in total. The van der Waals surface area contributed by atoms with Gasteiger partial charge in [-0.15, -0.1) is 0 Å². The number of amides is 1. The quantitative estimate of drug-likeness (QED) is 0.918. The second kappa shape index (κ2) is 5.44. The molecule has 0 saturated carbocycles.